The highest BCUT2D eigenvalue weighted by Gasteiger charge is 2.15. The number of nitrogens with two attached hydrogens (primary N) is 1. The van der Waals surface area contributed by atoms with Gasteiger partial charge in [0.15, 0.2) is 0 Å². The lowest BCUT2D eigenvalue weighted by atomic mass is 10.00. The molecule has 64 valence electrons. The van der Waals surface area contributed by atoms with Crippen LogP contribution in [0.1, 0.15) is 26.7 Å². The number of hydrogen-bond donors (Lipinski definition) is 1. The van der Waals surface area contributed by atoms with Crippen molar-refractivity contribution in [2.24, 2.45) is 5.73 Å². The number of ether oxygens (including phenoxy) is 1. The summed E-state index contributed by atoms with van der Waals surface area (Å²) in [4.78, 5) is 0. The van der Waals surface area contributed by atoms with Crippen LogP contribution in [0.3, 0.4) is 0 Å². The van der Waals surface area contributed by atoms with Gasteiger partial charge in [0.05, 0.1) is 6.07 Å². The molecule has 0 aliphatic heterocycles. The predicted octanol–water partition coefficient (Wildman–Crippen LogP) is 1.04. The van der Waals surface area contributed by atoms with E-state index in [1.54, 1.807) is 6.92 Å². The first-order valence-corrected chi connectivity index (χ1v) is 3.90. The van der Waals surface area contributed by atoms with E-state index in [1.807, 2.05) is 13.0 Å². The summed E-state index contributed by atoms with van der Waals surface area (Å²) in [5, 5.41) is 8.53. The minimum absolute atomic E-state index is 0.683. The second kappa shape index (κ2) is 5.11. The molecule has 0 aromatic heterocycles. The summed E-state index contributed by atoms with van der Waals surface area (Å²) < 4.78 is 5.11. The maximum Gasteiger partial charge on any atom is 0.101 e. The monoisotopic (exact) mass is 156 g/mol. The summed E-state index contributed by atoms with van der Waals surface area (Å²) in [6.07, 6.45) is 1.55. The van der Waals surface area contributed by atoms with Crippen LogP contribution in [0.2, 0.25) is 0 Å². The molecule has 0 heterocycles. The van der Waals surface area contributed by atoms with Gasteiger partial charge in [-0.25, -0.2) is 0 Å². The van der Waals surface area contributed by atoms with Gasteiger partial charge in [0.25, 0.3) is 0 Å². The van der Waals surface area contributed by atoms with Gasteiger partial charge in [-0.2, -0.15) is 5.26 Å². The molecule has 11 heavy (non-hydrogen) atoms. The molecule has 0 radical (unpaired) electrons. The van der Waals surface area contributed by atoms with Gasteiger partial charge in [-0.1, -0.05) is 0 Å². The highest BCUT2D eigenvalue weighted by molar-refractivity contribution is 5.00. The molecule has 1 atom stereocenters. The smallest absolute Gasteiger partial charge is 0.101 e. The van der Waals surface area contributed by atoms with Gasteiger partial charge >= 0.3 is 0 Å². The Morgan fingerprint density at radius 1 is 1.64 bits per heavy atom. The summed E-state index contributed by atoms with van der Waals surface area (Å²) in [5.74, 6) is 0. The second-order valence-corrected chi connectivity index (χ2v) is 2.83. The highest BCUT2D eigenvalue weighted by Crippen LogP contribution is 2.06. The van der Waals surface area contributed by atoms with Crippen molar-refractivity contribution in [3.05, 3.63) is 0 Å². The Balaban J connectivity index is 3.32. The molecule has 0 aliphatic rings. The van der Waals surface area contributed by atoms with Crippen LogP contribution in [0.25, 0.3) is 0 Å². The fourth-order valence-corrected chi connectivity index (χ4v) is 0.742. The van der Waals surface area contributed by atoms with Crippen molar-refractivity contribution in [2.75, 3.05) is 13.2 Å². The number of nitriles is 1. The first kappa shape index (κ1) is 10.4. The number of nitrogens with zero attached hydrogens (tertiary/aromatic N) is 1. The molecule has 0 aromatic rings. The topological polar surface area (TPSA) is 59.0 Å². The largest absolute Gasteiger partial charge is 0.382 e. The average molecular weight is 156 g/mol. The zero-order valence-corrected chi connectivity index (χ0v) is 7.26. The molecule has 3 nitrogen and oxygen atoms in total. The molecule has 0 saturated carbocycles. The summed E-state index contributed by atoms with van der Waals surface area (Å²) in [7, 11) is 0. The summed E-state index contributed by atoms with van der Waals surface area (Å²) in [5.41, 5.74) is 4.90. The number of rotatable bonds is 5. The zero-order valence-electron chi connectivity index (χ0n) is 7.26. The van der Waals surface area contributed by atoms with Crippen molar-refractivity contribution >= 4 is 0 Å². The minimum atomic E-state index is -0.683. The van der Waals surface area contributed by atoms with E-state index in [0.29, 0.717) is 13.0 Å². The third-order valence-electron chi connectivity index (χ3n) is 1.44. The zero-order chi connectivity index (χ0) is 8.74. The van der Waals surface area contributed by atoms with Crippen molar-refractivity contribution in [1.29, 1.82) is 5.26 Å². The van der Waals surface area contributed by atoms with Crippen molar-refractivity contribution in [1.82, 2.24) is 0 Å². The lowest BCUT2D eigenvalue weighted by molar-refractivity contribution is 0.140. The van der Waals surface area contributed by atoms with Gasteiger partial charge in [-0.15, -0.1) is 0 Å². The van der Waals surface area contributed by atoms with E-state index >= 15 is 0 Å². The quantitative estimate of drug-likeness (QED) is 0.605. The van der Waals surface area contributed by atoms with Crippen molar-refractivity contribution in [2.45, 2.75) is 32.2 Å². The molecule has 0 amide bonds. The molecule has 0 aliphatic carbocycles. The predicted molar refractivity (Wildman–Crippen MR) is 43.9 cm³/mol. The van der Waals surface area contributed by atoms with E-state index in [2.05, 4.69) is 0 Å². The van der Waals surface area contributed by atoms with Crippen LogP contribution >= 0.6 is 0 Å². The molecule has 0 saturated heterocycles. The van der Waals surface area contributed by atoms with Crippen molar-refractivity contribution < 1.29 is 4.74 Å². The Hall–Kier alpha value is -0.590. The third kappa shape index (κ3) is 5.84. The fraction of sp³-hybridized carbons (Fsp3) is 0.875. The van der Waals surface area contributed by atoms with Crippen molar-refractivity contribution in [3.8, 4) is 6.07 Å². The highest BCUT2D eigenvalue weighted by atomic mass is 16.5. The molecule has 2 N–H and O–H groups in total. The molecule has 0 aromatic carbocycles. The van der Waals surface area contributed by atoms with Crippen LogP contribution in [0.4, 0.5) is 0 Å². The van der Waals surface area contributed by atoms with E-state index < -0.39 is 5.54 Å². The van der Waals surface area contributed by atoms with E-state index in [9.17, 15) is 0 Å². The first-order valence-electron chi connectivity index (χ1n) is 3.90. The van der Waals surface area contributed by atoms with Crippen LogP contribution in [-0.4, -0.2) is 18.8 Å². The Morgan fingerprint density at radius 2 is 2.27 bits per heavy atom. The van der Waals surface area contributed by atoms with Gasteiger partial charge in [-0.05, 0) is 26.7 Å². The fourth-order valence-electron chi connectivity index (χ4n) is 0.742. The van der Waals surface area contributed by atoms with Crippen LogP contribution in [0, 0.1) is 11.3 Å². The minimum Gasteiger partial charge on any atom is -0.382 e. The molecule has 3 heteroatoms. The molecular weight excluding hydrogens is 140 g/mol. The normalized spacial score (nSPS) is 15.5. The Morgan fingerprint density at radius 3 is 2.73 bits per heavy atom. The Labute approximate surface area is 68.1 Å². The maximum atomic E-state index is 8.53. The van der Waals surface area contributed by atoms with Crippen molar-refractivity contribution in [3.63, 3.8) is 0 Å². The molecule has 1 unspecified atom stereocenters. The van der Waals surface area contributed by atoms with Gasteiger partial charge < -0.3 is 10.5 Å². The van der Waals surface area contributed by atoms with E-state index in [-0.39, 0.29) is 0 Å². The molecule has 0 rings (SSSR count). The summed E-state index contributed by atoms with van der Waals surface area (Å²) in [6, 6.07) is 2.04. The molecule has 0 spiro atoms. The average Bonchev–Trinajstić information content (AvgIpc) is 1.99. The third-order valence-corrected chi connectivity index (χ3v) is 1.44. The van der Waals surface area contributed by atoms with E-state index in [0.717, 1.165) is 13.0 Å². The van der Waals surface area contributed by atoms with Crippen LogP contribution in [0.5, 0.6) is 0 Å². The molecule has 0 bridgehead atoms. The van der Waals surface area contributed by atoms with Gasteiger partial charge in [0.1, 0.15) is 5.54 Å². The van der Waals surface area contributed by atoms with E-state index in [1.165, 1.54) is 0 Å². The Bertz CT molecular complexity index is 138. The second-order valence-electron chi connectivity index (χ2n) is 2.83. The summed E-state index contributed by atoms with van der Waals surface area (Å²) in [6.45, 7) is 5.11. The SMILES string of the molecule is CCOCCCC(C)(N)C#N. The first-order chi connectivity index (χ1) is 5.12. The standard InChI is InChI=1S/C8H16N2O/c1-3-11-6-4-5-8(2,10)7-9/h3-6,10H2,1-2H3. The summed E-state index contributed by atoms with van der Waals surface area (Å²) >= 11 is 0. The van der Waals surface area contributed by atoms with Crippen LogP contribution in [0.15, 0.2) is 0 Å². The van der Waals surface area contributed by atoms with Crippen LogP contribution < -0.4 is 5.73 Å². The van der Waals surface area contributed by atoms with E-state index in [4.69, 9.17) is 15.7 Å². The van der Waals surface area contributed by atoms with Crippen LogP contribution in [-0.2, 0) is 4.74 Å². The Kier molecular flexibility index (Phi) is 4.84. The molecule has 0 fully saturated rings. The van der Waals surface area contributed by atoms with Gasteiger partial charge in [-0.3, -0.25) is 0 Å². The van der Waals surface area contributed by atoms with Gasteiger partial charge in [0.2, 0.25) is 0 Å². The lowest BCUT2D eigenvalue weighted by Crippen LogP contribution is -2.34. The van der Waals surface area contributed by atoms with Gasteiger partial charge in [0, 0.05) is 13.2 Å². The molecular formula is C8H16N2O. The lowest BCUT2D eigenvalue weighted by Gasteiger charge is -2.14. The number of hydrogen-bond acceptors (Lipinski definition) is 3. The maximum absolute atomic E-state index is 8.53.